The smallest absolute Gasteiger partial charge is 0.230 e. The largest absolute Gasteiger partial charge is 0.349 e. The van der Waals surface area contributed by atoms with Crippen LogP contribution in [-0.4, -0.2) is 11.7 Å². The molecule has 2 rings (SSSR count). The first kappa shape index (κ1) is 16.8. The van der Waals surface area contributed by atoms with Gasteiger partial charge in [0.05, 0.1) is 11.8 Å². The van der Waals surface area contributed by atoms with Crippen molar-refractivity contribution in [3.8, 4) is 0 Å². The summed E-state index contributed by atoms with van der Waals surface area (Å²) in [6.07, 6.45) is 0. The van der Waals surface area contributed by atoms with Gasteiger partial charge in [0.1, 0.15) is 11.6 Å². The van der Waals surface area contributed by atoms with Crippen LogP contribution in [0.4, 0.5) is 8.78 Å². The van der Waals surface area contributed by atoms with Crippen molar-refractivity contribution in [1.29, 1.82) is 0 Å². The maximum Gasteiger partial charge on any atom is 0.230 e. The Bertz CT molecular complexity index is 681. The van der Waals surface area contributed by atoms with Gasteiger partial charge < -0.3 is 5.32 Å². The molecule has 0 bridgehead atoms. The van der Waals surface area contributed by atoms with Crippen molar-refractivity contribution in [2.45, 2.75) is 17.9 Å². The van der Waals surface area contributed by atoms with E-state index in [1.807, 2.05) is 19.1 Å². The van der Waals surface area contributed by atoms with Crippen molar-refractivity contribution in [3.63, 3.8) is 0 Å². The van der Waals surface area contributed by atoms with E-state index in [4.69, 9.17) is 11.6 Å². The van der Waals surface area contributed by atoms with Crippen LogP contribution in [0.25, 0.3) is 0 Å². The summed E-state index contributed by atoms with van der Waals surface area (Å²) in [4.78, 5) is 12.1. The minimum atomic E-state index is -0.666. The summed E-state index contributed by atoms with van der Waals surface area (Å²) in [5.74, 6) is -1.49. The van der Waals surface area contributed by atoms with E-state index < -0.39 is 11.6 Å². The van der Waals surface area contributed by atoms with Crippen molar-refractivity contribution in [3.05, 3.63) is 64.7 Å². The molecule has 1 amide bonds. The number of carbonyl (C=O) groups excluding carboxylic acids is 1. The third kappa shape index (κ3) is 4.71. The van der Waals surface area contributed by atoms with Crippen molar-refractivity contribution < 1.29 is 13.6 Å². The molecule has 0 radical (unpaired) electrons. The lowest BCUT2D eigenvalue weighted by Crippen LogP contribution is -2.28. The highest BCUT2D eigenvalue weighted by Gasteiger charge is 2.12. The first-order valence-electron chi connectivity index (χ1n) is 6.58. The molecule has 0 aliphatic carbocycles. The average Bonchev–Trinajstić information content (AvgIpc) is 2.46. The lowest BCUT2D eigenvalue weighted by atomic mass is 10.1. The van der Waals surface area contributed by atoms with Crippen LogP contribution in [0.3, 0.4) is 0 Å². The molecule has 0 aliphatic heterocycles. The van der Waals surface area contributed by atoms with Gasteiger partial charge in [-0.15, -0.1) is 11.8 Å². The standard InChI is InChI=1S/C16H14ClF2NOS/c1-10(11-3-2-4-12(17)7-11)20-16(21)9-22-15-6-5-13(18)8-14(15)19/h2-8,10H,9H2,1H3,(H,20,21)/t10-/m0/s1. The van der Waals surface area contributed by atoms with E-state index in [9.17, 15) is 13.6 Å². The molecular formula is C16H14ClF2NOS. The minimum Gasteiger partial charge on any atom is -0.349 e. The first-order valence-corrected chi connectivity index (χ1v) is 7.95. The van der Waals surface area contributed by atoms with Crippen LogP contribution in [-0.2, 0) is 4.79 Å². The maximum absolute atomic E-state index is 13.5. The number of carbonyl (C=O) groups is 1. The lowest BCUT2D eigenvalue weighted by molar-refractivity contribution is -0.119. The Kier molecular flexibility index (Phi) is 5.80. The lowest BCUT2D eigenvalue weighted by Gasteiger charge is -2.14. The van der Waals surface area contributed by atoms with Gasteiger partial charge in [-0.25, -0.2) is 8.78 Å². The zero-order chi connectivity index (χ0) is 16.1. The van der Waals surface area contributed by atoms with Crippen molar-refractivity contribution >= 4 is 29.3 Å². The Labute approximate surface area is 136 Å². The van der Waals surface area contributed by atoms with Crippen LogP contribution >= 0.6 is 23.4 Å². The summed E-state index contributed by atoms with van der Waals surface area (Å²) >= 11 is 6.93. The number of hydrogen-bond donors (Lipinski definition) is 1. The van der Waals surface area contributed by atoms with Gasteiger partial charge in [0.2, 0.25) is 5.91 Å². The van der Waals surface area contributed by atoms with Crippen LogP contribution in [0.1, 0.15) is 18.5 Å². The third-order valence-corrected chi connectivity index (χ3v) is 4.26. The summed E-state index contributed by atoms with van der Waals surface area (Å²) in [5.41, 5.74) is 0.888. The second kappa shape index (κ2) is 7.61. The molecule has 0 saturated heterocycles. The second-order valence-corrected chi connectivity index (χ2v) is 6.16. The summed E-state index contributed by atoms with van der Waals surface area (Å²) in [5, 5.41) is 3.41. The molecule has 2 aromatic rings. The molecular weight excluding hydrogens is 328 g/mol. The topological polar surface area (TPSA) is 29.1 Å². The summed E-state index contributed by atoms with van der Waals surface area (Å²) in [6, 6.07) is 10.3. The number of amides is 1. The van der Waals surface area contributed by atoms with Crippen LogP contribution in [0, 0.1) is 11.6 Å². The molecule has 0 aromatic heterocycles. The predicted octanol–water partition coefficient (Wildman–Crippen LogP) is 4.59. The Hall–Kier alpha value is -1.59. The highest BCUT2D eigenvalue weighted by atomic mass is 35.5. The maximum atomic E-state index is 13.5. The number of nitrogens with one attached hydrogen (secondary N) is 1. The van der Waals surface area contributed by atoms with Gasteiger partial charge in [0, 0.05) is 16.0 Å². The van der Waals surface area contributed by atoms with Crippen LogP contribution < -0.4 is 5.32 Å². The third-order valence-electron chi connectivity index (χ3n) is 2.98. The Morgan fingerprint density at radius 2 is 2.05 bits per heavy atom. The van der Waals surface area contributed by atoms with Crippen molar-refractivity contribution in [2.24, 2.45) is 0 Å². The van der Waals surface area contributed by atoms with Crippen molar-refractivity contribution in [2.75, 3.05) is 5.75 Å². The summed E-state index contributed by atoms with van der Waals surface area (Å²) in [7, 11) is 0. The zero-order valence-corrected chi connectivity index (χ0v) is 13.3. The molecule has 0 fully saturated rings. The fourth-order valence-corrected chi connectivity index (χ4v) is 2.81. The summed E-state index contributed by atoms with van der Waals surface area (Å²) in [6.45, 7) is 1.84. The number of rotatable bonds is 5. The van der Waals surface area contributed by atoms with Gasteiger partial charge in [-0.3, -0.25) is 4.79 Å². The van der Waals surface area contributed by atoms with E-state index in [0.29, 0.717) is 5.02 Å². The Balaban J connectivity index is 1.90. The predicted molar refractivity (Wildman–Crippen MR) is 85.1 cm³/mol. The monoisotopic (exact) mass is 341 g/mol. The van der Waals surface area contributed by atoms with E-state index in [1.165, 1.54) is 6.07 Å². The molecule has 1 atom stereocenters. The SMILES string of the molecule is C[C@H](NC(=O)CSc1ccc(F)cc1F)c1cccc(Cl)c1. The van der Waals surface area contributed by atoms with E-state index in [1.54, 1.807) is 12.1 Å². The molecule has 2 aromatic carbocycles. The van der Waals surface area contributed by atoms with E-state index >= 15 is 0 Å². The average molecular weight is 342 g/mol. The minimum absolute atomic E-state index is 0.0491. The van der Waals surface area contributed by atoms with Gasteiger partial charge in [0.15, 0.2) is 0 Å². The van der Waals surface area contributed by atoms with E-state index in [2.05, 4.69) is 5.32 Å². The van der Waals surface area contributed by atoms with E-state index in [-0.39, 0.29) is 22.6 Å². The fourth-order valence-electron chi connectivity index (χ4n) is 1.88. The second-order valence-electron chi connectivity index (χ2n) is 4.71. The van der Waals surface area contributed by atoms with Crippen LogP contribution in [0.15, 0.2) is 47.4 Å². The Morgan fingerprint density at radius 1 is 1.27 bits per heavy atom. The molecule has 0 saturated carbocycles. The van der Waals surface area contributed by atoms with Gasteiger partial charge in [-0.05, 0) is 36.8 Å². The molecule has 0 heterocycles. The summed E-state index contributed by atoms with van der Waals surface area (Å²) < 4.78 is 26.3. The van der Waals surface area contributed by atoms with Gasteiger partial charge in [-0.1, -0.05) is 23.7 Å². The van der Waals surface area contributed by atoms with Gasteiger partial charge in [-0.2, -0.15) is 0 Å². The highest BCUT2D eigenvalue weighted by molar-refractivity contribution is 8.00. The highest BCUT2D eigenvalue weighted by Crippen LogP contribution is 2.23. The Morgan fingerprint density at radius 3 is 2.73 bits per heavy atom. The quantitative estimate of drug-likeness (QED) is 0.806. The molecule has 22 heavy (non-hydrogen) atoms. The van der Waals surface area contributed by atoms with Crippen molar-refractivity contribution in [1.82, 2.24) is 5.32 Å². The molecule has 6 heteroatoms. The molecule has 2 nitrogen and oxygen atoms in total. The molecule has 1 N–H and O–H groups in total. The number of thioether (sulfide) groups is 1. The molecule has 0 aliphatic rings. The van der Waals surface area contributed by atoms with Gasteiger partial charge in [0.25, 0.3) is 0 Å². The number of halogens is 3. The first-order chi connectivity index (χ1) is 10.5. The number of benzene rings is 2. The molecule has 0 spiro atoms. The van der Waals surface area contributed by atoms with E-state index in [0.717, 1.165) is 29.5 Å². The van der Waals surface area contributed by atoms with Crippen LogP contribution in [0.5, 0.6) is 0 Å². The number of hydrogen-bond acceptors (Lipinski definition) is 2. The zero-order valence-electron chi connectivity index (χ0n) is 11.8. The van der Waals surface area contributed by atoms with Gasteiger partial charge >= 0.3 is 0 Å². The normalized spacial score (nSPS) is 12.0. The fraction of sp³-hybridized carbons (Fsp3) is 0.188. The van der Waals surface area contributed by atoms with Crippen LogP contribution in [0.2, 0.25) is 5.02 Å². The molecule has 116 valence electrons. The molecule has 0 unspecified atom stereocenters.